The molecule has 2 N–H and O–H groups in total. The Labute approximate surface area is 185 Å². The van der Waals surface area contributed by atoms with Crippen molar-refractivity contribution in [1.29, 1.82) is 0 Å². The SMILES string of the molecule is O=C(Nc1ccc(F)c(F)c1)c1ccc2c(c1)[C@H]1[C@@H]3CC[C@@H](C3)[C@H]1[C@H](c1ccccc1)N2. The summed E-state index contributed by atoms with van der Waals surface area (Å²) in [6, 6.07) is 20.1. The number of carbonyl (C=O) groups is 1. The van der Waals surface area contributed by atoms with Crippen LogP contribution < -0.4 is 10.6 Å². The first-order chi connectivity index (χ1) is 15.6. The molecule has 3 aliphatic rings. The van der Waals surface area contributed by atoms with Crippen LogP contribution >= 0.6 is 0 Å². The fraction of sp³-hybridized carbons (Fsp3) is 0.296. The van der Waals surface area contributed by atoms with Crippen LogP contribution in [0.25, 0.3) is 0 Å². The third-order valence-corrected chi connectivity index (χ3v) is 7.69. The van der Waals surface area contributed by atoms with Gasteiger partial charge in [-0.15, -0.1) is 0 Å². The minimum atomic E-state index is -0.978. The van der Waals surface area contributed by atoms with E-state index in [0.717, 1.165) is 17.8 Å². The topological polar surface area (TPSA) is 41.1 Å². The van der Waals surface area contributed by atoms with E-state index in [2.05, 4.69) is 41.0 Å². The minimum Gasteiger partial charge on any atom is -0.378 e. The number of anilines is 2. The van der Waals surface area contributed by atoms with Gasteiger partial charge in [-0.05, 0) is 84.4 Å². The van der Waals surface area contributed by atoms with Crippen molar-refractivity contribution in [3.8, 4) is 0 Å². The molecule has 2 fully saturated rings. The van der Waals surface area contributed by atoms with Crippen LogP contribution in [-0.4, -0.2) is 5.91 Å². The second-order valence-electron chi connectivity index (χ2n) is 9.35. The van der Waals surface area contributed by atoms with Gasteiger partial charge in [0, 0.05) is 23.0 Å². The van der Waals surface area contributed by atoms with Crippen LogP contribution in [0.5, 0.6) is 0 Å². The Bertz CT molecular complexity index is 1200. The molecule has 3 aromatic carbocycles. The molecule has 3 nitrogen and oxygen atoms in total. The number of hydrogen-bond donors (Lipinski definition) is 2. The highest BCUT2D eigenvalue weighted by Gasteiger charge is 2.53. The van der Waals surface area contributed by atoms with E-state index in [1.807, 2.05) is 12.1 Å². The summed E-state index contributed by atoms with van der Waals surface area (Å²) in [5.41, 5.74) is 4.41. The van der Waals surface area contributed by atoms with Gasteiger partial charge in [-0.1, -0.05) is 30.3 Å². The van der Waals surface area contributed by atoms with Gasteiger partial charge in [-0.2, -0.15) is 0 Å². The molecule has 5 heteroatoms. The highest BCUT2D eigenvalue weighted by Crippen LogP contribution is 2.63. The zero-order valence-corrected chi connectivity index (χ0v) is 17.5. The van der Waals surface area contributed by atoms with E-state index in [4.69, 9.17) is 0 Å². The van der Waals surface area contributed by atoms with Gasteiger partial charge in [0.2, 0.25) is 0 Å². The summed E-state index contributed by atoms with van der Waals surface area (Å²) in [4.78, 5) is 12.9. The second-order valence-corrected chi connectivity index (χ2v) is 9.35. The maximum absolute atomic E-state index is 13.5. The molecule has 0 radical (unpaired) electrons. The Morgan fingerprint density at radius 1 is 0.906 bits per heavy atom. The summed E-state index contributed by atoms with van der Waals surface area (Å²) >= 11 is 0. The van der Waals surface area contributed by atoms with E-state index in [0.29, 0.717) is 29.2 Å². The molecule has 1 heterocycles. The number of fused-ring (bicyclic) bond motifs is 7. The third kappa shape index (κ3) is 3.10. The lowest BCUT2D eigenvalue weighted by Crippen LogP contribution is -2.35. The van der Waals surface area contributed by atoms with E-state index in [9.17, 15) is 13.6 Å². The number of benzene rings is 3. The molecular weight excluding hydrogens is 406 g/mol. The predicted molar refractivity (Wildman–Crippen MR) is 121 cm³/mol. The van der Waals surface area contributed by atoms with E-state index in [1.165, 1.54) is 36.5 Å². The molecule has 162 valence electrons. The van der Waals surface area contributed by atoms with Crippen LogP contribution in [0.15, 0.2) is 66.7 Å². The molecular formula is C27H24F2N2O. The summed E-state index contributed by atoms with van der Waals surface area (Å²) in [6.45, 7) is 0. The summed E-state index contributed by atoms with van der Waals surface area (Å²) in [5, 5.41) is 6.47. The van der Waals surface area contributed by atoms with Gasteiger partial charge in [-0.3, -0.25) is 4.79 Å². The standard InChI is InChI=1S/C27H24F2N2O/c28-21-10-9-19(14-22(21)29)30-27(32)18-8-11-23-20(13-18)24-16-6-7-17(12-16)25(24)26(31-23)15-4-2-1-3-5-15/h1-5,8-11,13-14,16-17,24-26,31H,6-7,12H2,(H,30,32)/t16-,17+,24-,25-,26+/m1/s1. The van der Waals surface area contributed by atoms with E-state index in [1.54, 1.807) is 6.07 Å². The van der Waals surface area contributed by atoms with Crippen molar-refractivity contribution in [1.82, 2.24) is 0 Å². The fourth-order valence-electron chi connectivity index (χ4n) is 6.39. The molecule has 6 rings (SSSR count). The van der Waals surface area contributed by atoms with Crippen LogP contribution in [-0.2, 0) is 0 Å². The van der Waals surface area contributed by atoms with E-state index in [-0.39, 0.29) is 17.6 Å². The van der Waals surface area contributed by atoms with Gasteiger partial charge in [0.05, 0.1) is 6.04 Å². The van der Waals surface area contributed by atoms with Crippen LogP contribution in [0.1, 0.15) is 52.7 Å². The molecule has 3 aromatic rings. The molecule has 5 atom stereocenters. The fourth-order valence-corrected chi connectivity index (χ4v) is 6.39. The summed E-state index contributed by atoms with van der Waals surface area (Å²) in [5.74, 6) is 0.0903. The number of rotatable bonds is 3. The summed E-state index contributed by atoms with van der Waals surface area (Å²) in [7, 11) is 0. The average Bonchev–Trinajstić information content (AvgIpc) is 3.44. The minimum absolute atomic E-state index is 0.242. The van der Waals surface area contributed by atoms with Gasteiger partial charge >= 0.3 is 0 Å². The smallest absolute Gasteiger partial charge is 0.255 e. The quantitative estimate of drug-likeness (QED) is 0.497. The first kappa shape index (κ1) is 19.5. The summed E-state index contributed by atoms with van der Waals surface area (Å²) < 4.78 is 26.7. The van der Waals surface area contributed by atoms with Gasteiger partial charge in [0.15, 0.2) is 11.6 Å². The number of carbonyl (C=O) groups excluding carboxylic acids is 1. The molecule has 1 aliphatic heterocycles. The Kier molecular flexibility index (Phi) is 4.53. The van der Waals surface area contributed by atoms with E-state index < -0.39 is 11.6 Å². The second kappa shape index (κ2) is 7.44. The van der Waals surface area contributed by atoms with Crippen molar-refractivity contribution in [2.75, 3.05) is 10.6 Å². The van der Waals surface area contributed by atoms with Crippen LogP contribution in [0, 0.1) is 29.4 Å². The Balaban J connectivity index is 1.34. The van der Waals surface area contributed by atoms with Gasteiger partial charge in [-0.25, -0.2) is 8.78 Å². The van der Waals surface area contributed by atoms with Crippen molar-refractivity contribution in [2.24, 2.45) is 17.8 Å². The average molecular weight is 430 g/mol. The molecule has 2 bridgehead atoms. The first-order valence-corrected chi connectivity index (χ1v) is 11.3. The van der Waals surface area contributed by atoms with Crippen LogP contribution in [0.2, 0.25) is 0 Å². The molecule has 0 unspecified atom stereocenters. The Morgan fingerprint density at radius 3 is 2.53 bits per heavy atom. The van der Waals surface area contributed by atoms with Crippen molar-refractivity contribution in [2.45, 2.75) is 31.2 Å². The van der Waals surface area contributed by atoms with Crippen molar-refractivity contribution >= 4 is 17.3 Å². The molecule has 1 amide bonds. The molecule has 2 aliphatic carbocycles. The number of halogens is 2. The number of hydrogen-bond acceptors (Lipinski definition) is 2. The van der Waals surface area contributed by atoms with Crippen molar-refractivity contribution in [3.63, 3.8) is 0 Å². The van der Waals surface area contributed by atoms with Crippen LogP contribution in [0.3, 0.4) is 0 Å². The lowest BCUT2D eigenvalue weighted by Gasteiger charge is -2.43. The maximum atomic E-state index is 13.5. The van der Waals surface area contributed by atoms with Crippen molar-refractivity contribution in [3.05, 3.63) is 95.1 Å². The molecule has 0 aromatic heterocycles. The van der Waals surface area contributed by atoms with Gasteiger partial charge in [0.25, 0.3) is 5.91 Å². The highest BCUT2D eigenvalue weighted by molar-refractivity contribution is 6.04. The lowest BCUT2D eigenvalue weighted by atomic mass is 9.68. The maximum Gasteiger partial charge on any atom is 0.255 e. The Morgan fingerprint density at radius 2 is 1.72 bits per heavy atom. The van der Waals surface area contributed by atoms with Gasteiger partial charge < -0.3 is 10.6 Å². The highest BCUT2D eigenvalue weighted by atomic mass is 19.2. The zero-order valence-electron chi connectivity index (χ0n) is 17.5. The Hall–Kier alpha value is -3.21. The first-order valence-electron chi connectivity index (χ1n) is 11.3. The van der Waals surface area contributed by atoms with Crippen molar-refractivity contribution < 1.29 is 13.6 Å². The lowest BCUT2D eigenvalue weighted by molar-refractivity contribution is 0.102. The van der Waals surface area contributed by atoms with Crippen LogP contribution in [0.4, 0.5) is 20.2 Å². The van der Waals surface area contributed by atoms with Gasteiger partial charge in [0.1, 0.15) is 0 Å². The zero-order chi connectivity index (χ0) is 21.8. The molecule has 0 spiro atoms. The molecule has 32 heavy (non-hydrogen) atoms. The predicted octanol–water partition coefficient (Wildman–Crippen LogP) is 6.51. The molecule has 2 saturated carbocycles. The number of amides is 1. The molecule has 0 saturated heterocycles. The normalized spacial score (nSPS) is 27.4. The number of nitrogens with one attached hydrogen (secondary N) is 2. The largest absolute Gasteiger partial charge is 0.378 e. The monoisotopic (exact) mass is 430 g/mol. The third-order valence-electron chi connectivity index (χ3n) is 7.69. The summed E-state index contributed by atoms with van der Waals surface area (Å²) in [6.07, 6.45) is 3.78. The van der Waals surface area contributed by atoms with E-state index >= 15 is 0 Å².